The lowest BCUT2D eigenvalue weighted by Gasteiger charge is -2.44. The summed E-state index contributed by atoms with van der Waals surface area (Å²) in [6.07, 6.45) is 7.56. The summed E-state index contributed by atoms with van der Waals surface area (Å²) >= 11 is 0. The number of hydrogen-bond acceptors (Lipinski definition) is 3. The zero-order chi connectivity index (χ0) is 10.7. The Balaban J connectivity index is 2.00. The van der Waals surface area contributed by atoms with Crippen LogP contribution in [-0.2, 0) is 0 Å². The molecule has 1 aliphatic carbocycles. The zero-order valence-electron chi connectivity index (χ0n) is 9.32. The quantitative estimate of drug-likeness (QED) is 0.812. The van der Waals surface area contributed by atoms with E-state index >= 15 is 0 Å². The molecule has 1 aromatic rings. The van der Waals surface area contributed by atoms with Crippen molar-refractivity contribution in [3.05, 3.63) is 24.5 Å². The van der Waals surface area contributed by atoms with Gasteiger partial charge in [-0.25, -0.2) is 0 Å². The molecule has 2 N–H and O–H groups in total. The number of nitrogens with zero attached hydrogens (tertiary/aromatic N) is 2. The lowest BCUT2D eigenvalue weighted by molar-refractivity contribution is 0.154. The number of rotatable bonds is 4. The van der Waals surface area contributed by atoms with E-state index in [9.17, 15) is 0 Å². The SMILES string of the molecule is CN(CC1(CN)CCC1)c1ccncc1. The number of anilines is 1. The normalized spacial score (nSPS) is 18.3. The monoisotopic (exact) mass is 205 g/mol. The van der Waals surface area contributed by atoms with Crippen LogP contribution in [0.5, 0.6) is 0 Å². The van der Waals surface area contributed by atoms with Crippen LogP contribution in [0.3, 0.4) is 0 Å². The highest BCUT2D eigenvalue weighted by Crippen LogP contribution is 2.40. The van der Waals surface area contributed by atoms with E-state index in [4.69, 9.17) is 5.73 Å². The second kappa shape index (κ2) is 4.19. The molecular weight excluding hydrogens is 186 g/mol. The summed E-state index contributed by atoms with van der Waals surface area (Å²) in [5.74, 6) is 0. The van der Waals surface area contributed by atoms with Crippen molar-refractivity contribution < 1.29 is 0 Å². The van der Waals surface area contributed by atoms with Gasteiger partial charge in [-0.05, 0) is 31.5 Å². The van der Waals surface area contributed by atoms with Crippen LogP contribution >= 0.6 is 0 Å². The van der Waals surface area contributed by atoms with E-state index in [-0.39, 0.29) is 0 Å². The van der Waals surface area contributed by atoms with Gasteiger partial charge in [0, 0.05) is 37.1 Å². The van der Waals surface area contributed by atoms with Gasteiger partial charge in [-0.15, -0.1) is 0 Å². The minimum absolute atomic E-state index is 0.373. The Morgan fingerprint density at radius 3 is 2.53 bits per heavy atom. The van der Waals surface area contributed by atoms with Gasteiger partial charge < -0.3 is 10.6 Å². The first kappa shape index (κ1) is 10.4. The van der Waals surface area contributed by atoms with Crippen molar-refractivity contribution >= 4 is 5.69 Å². The average molecular weight is 205 g/mol. The van der Waals surface area contributed by atoms with Crippen LogP contribution in [-0.4, -0.2) is 25.1 Å². The number of pyridine rings is 1. The molecule has 3 nitrogen and oxygen atoms in total. The summed E-state index contributed by atoms with van der Waals surface area (Å²) in [7, 11) is 2.13. The first-order valence-electron chi connectivity index (χ1n) is 5.57. The van der Waals surface area contributed by atoms with Crippen LogP contribution in [0.25, 0.3) is 0 Å². The van der Waals surface area contributed by atoms with Crippen LogP contribution in [0.15, 0.2) is 24.5 Å². The third-order valence-electron chi connectivity index (χ3n) is 3.52. The molecule has 0 atom stereocenters. The summed E-state index contributed by atoms with van der Waals surface area (Å²) in [5.41, 5.74) is 7.46. The van der Waals surface area contributed by atoms with Gasteiger partial charge in [0.1, 0.15) is 0 Å². The van der Waals surface area contributed by atoms with Crippen molar-refractivity contribution in [3.8, 4) is 0 Å². The Kier molecular flexibility index (Phi) is 2.91. The second-order valence-corrected chi connectivity index (χ2v) is 4.62. The predicted octanol–water partition coefficient (Wildman–Crippen LogP) is 1.65. The molecule has 0 bridgehead atoms. The molecule has 0 spiro atoms. The van der Waals surface area contributed by atoms with Crippen molar-refractivity contribution in [2.75, 3.05) is 25.0 Å². The highest BCUT2D eigenvalue weighted by Gasteiger charge is 2.36. The van der Waals surface area contributed by atoms with Crippen molar-refractivity contribution in [3.63, 3.8) is 0 Å². The zero-order valence-corrected chi connectivity index (χ0v) is 9.32. The molecule has 0 aliphatic heterocycles. The minimum Gasteiger partial charge on any atom is -0.374 e. The van der Waals surface area contributed by atoms with E-state index in [2.05, 4.69) is 16.9 Å². The molecule has 1 aromatic heterocycles. The smallest absolute Gasteiger partial charge is 0.0394 e. The summed E-state index contributed by atoms with van der Waals surface area (Å²) in [5, 5.41) is 0. The predicted molar refractivity (Wildman–Crippen MR) is 62.8 cm³/mol. The van der Waals surface area contributed by atoms with Crippen LogP contribution in [0.1, 0.15) is 19.3 Å². The lowest BCUT2D eigenvalue weighted by Crippen LogP contribution is -2.46. The van der Waals surface area contributed by atoms with Gasteiger partial charge in [0.15, 0.2) is 0 Å². The standard InChI is InChI=1S/C12H19N3/c1-15(11-3-7-14-8-4-11)10-12(9-13)5-2-6-12/h3-4,7-8H,2,5-6,9-10,13H2,1H3. The molecule has 1 aliphatic rings. The van der Waals surface area contributed by atoms with Gasteiger partial charge >= 0.3 is 0 Å². The second-order valence-electron chi connectivity index (χ2n) is 4.62. The Labute approximate surface area is 91.3 Å². The fourth-order valence-corrected chi connectivity index (χ4v) is 2.30. The molecule has 3 heteroatoms. The molecule has 15 heavy (non-hydrogen) atoms. The highest BCUT2D eigenvalue weighted by molar-refractivity contribution is 5.43. The van der Waals surface area contributed by atoms with Crippen molar-refractivity contribution in [1.29, 1.82) is 0 Å². The Hall–Kier alpha value is -1.09. The average Bonchev–Trinajstić information content (AvgIpc) is 2.24. The van der Waals surface area contributed by atoms with Crippen LogP contribution in [0.2, 0.25) is 0 Å². The maximum Gasteiger partial charge on any atom is 0.0394 e. The van der Waals surface area contributed by atoms with Crippen molar-refractivity contribution in [2.24, 2.45) is 11.1 Å². The van der Waals surface area contributed by atoms with Crippen molar-refractivity contribution in [1.82, 2.24) is 4.98 Å². The molecule has 1 heterocycles. The van der Waals surface area contributed by atoms with Gasteiger partial charge in [0.05, 0.1) is 0 Å². The topological polar surface area (TPSA) is 42.1 Å². The minimum atomic E-state index is 0.373. The Morgan fingerprint density at radius 2 is 2.07 bits per heavy atom. The van der Waals surface area contributed by atoms with Gasteiger partial charge in [0.2, 0.25) is 0 Å². The van der Waals surface area contributed by atoms with Gasteiger partial charge in [-0.3, -0.25) is 4.98 Å². The Bertz CT molecular complexity index is 300. The molecule has 2 rings (SSSR count). The molecule has 0 aromatic carbocycles. The van der Waals surface area contributed by atoms with E-state index in [0.29, 0.717) is 5.41 Å². The number of nitrogens with two attached hydrogens (primary N) is 1. The summed E-state index contributed by atoms with van der Waals surface area (Å²) in [6, 6.07) is 4.09. The number of hydrogen-bond donors (Lipinski definition) is 1. The summed E-state index contributed by atoms with van der Waals surface area (Å²) < 4.78 is 0. The molecule has 0 unspecified atom stereocenters. The van der Waals surface area contributed by atoms with E-state index in [1.165, 1.54) is 24.9 Å². The van der Waals surface area contributed by atoms with Gasteiger partial charge in [-0.2, -0.15) is 0 Å². The van der Waals surface area contributed by atoms with Crippen LogP contribution in [0.4, 0.5) is 5.69 Å². The molecule has 0 saturated heterocycles. The third kappa shape index (κ3) is 2.12. The van der Waals surface area contributed by atoms with E-state index in [0.717, 1.165) is 13.1 Å². The van der Waals surface area contributed by atoms with Gasteiger partial charge in [-0.1, -0.05) is 6.42 Å². The molecule has 1 fully saturated rings. The van der Waals surface area contributed by atoms with Gasteiger partial charge in [0.25, 0.3) is 0 Å². The highest BCUT2D eigenvalue weighted by atomic mass is 15.1. The Morgan fingerprint density at radius 1 is 1.40 bits per heavy atom. The fourth-order valence-electron chi connectivity index (χ4n) is 2.30. The molecule has 0 radical (unpaired) electrons. The maximum atomic E-state index is 5.86. The molecule has 82 valence electrons. The largest absolute Gasteiger partial charge is 0.374 e. The summed E-state index contributed by atoms with van der Waals surface area (Å²) in [4.78, 5) is 6.31. The van der Waals surface area contributed by atoms with Crippen LogP contribution < -0.4 is 10.6 Å². The van der Waals surface area contributed by atoms with Crippen molar-refractivity contribution in [2.45, 2.75) is 19.3 Å². The maximum absolute atomic E-state index is 5.86. The molecule has 1 saturated carbocycles. The molecule has 0 amide bonds. The lowest BCUT2D eigenvalue weighted by atomic mass is 9.68. The van der Waals surface area contributed by atoms with E-state index < -0.39 is 0 Å². The fraction of sp³-hybridized carbons (Fsp3) is 0.583. The van der Waals surface area contributed by atoms with Crippen LogP contribution in [0, 0.1) is 5.41 Å². The number of aromatic nitrogens is 1. The first-order chi connectivity index (χ1) is 7.26. The first-order valence-corrected chi connectivity index (χ1v) is 5.57. The van der Waals surface area contributed by atoms with E-state index in [1.54, 1.807) is 0 Å². The van der Waals surface area contributed by atoms with E-state index in [1.807, 2.05) is 24.5 Å². The third-order valence-corrected chi connectivity index (χ3v) is 3.52. The molecular formula is C12H19N3. The summed E-state index contributed by atoms with van der Waals surface area (Å²) in [6.45, 7) is 1.87.